The average Bonchev–Trinajstić information content (AvgIpc) is 3.07. The van der Waals surface area contributed by atoms with Crippen molar-refractivity contribution < 1.29 is 15.0 Å². The molecule has 0 aliphatic heterocycles. The van der Waals surface area contributed by atoms with Gasteiger partial charge in [-0.15, -0.1) is 0 Å². The van der Waals surface area contributed by atoms with E-state index >= 15 is 0 Å². The highest BCUT2D eigenvalue weighted by Gasteiger charge is 2.20. The van der Waals surface area contributed by atoms with Crippen LogP contribution in [0.2, 0.25) is 0 Å². The van der Waals surface area contributed by atoms with Gasteiger partial charge in [0.05, 0.1) is 18.8 Å². The van der Waals surface area contributed by atoms with E-state index in [1.807, 2.05) is 0 Å². The van der Waals surface area contributed by atoms with Crippen LogP contribution in [0.3, 0.4) is 0 Å². The summed E-state index contributed by atoms with van der Waals surface area (Å²) in [5.74, 6) is -0.0337. The van der Waals surface area contributed by atoms with Crippen molar-refractivity contribution in [3.05, 3.63) is 12.2 Å². The smallest absolute Gasteiger partial charge is 0.220 e. The van der Waals surface area contributed by atoms with Crippen LogP contribution in [-0.2, 0) is 4.79 Å². The van der Waals surface area contributed by atoms with Gasteiger partial charge in [0, 0.05) is 6.42 Å². The molecule has 47 heavy (non-hydrogen) atoms. The molecule has 0 fully saturated rings. The first kappa shape index (κ1) is 46.1. The third-order valence-electron chi connectivity index (χ3n) is 10.0. The number of hydrogen-bond acceptors (Lipinski definition) is 3. The molecule has 0 aliphatic carbocycles. The second kappa shape index (κ2) is 39.6. The molecule has 0 aliphatic rings. The first-order valence-corrected chi connectivity index (χ1v) is 21.4. The van der Waals surface area contributed by atoms with E-state index in [0.29, 0.717) is 12.8 Å². The molecule has 0 aromatic rings. The molecular formula is C43H85NO3. The molecule has 2 unspecified atom stereocenters. The Morgan fingerprint density at radius 3 is 1.17 bits per heavy atom. The van der Waals surface area contributed by atoms with Gasteiger partial charge in [-0.1, -0.05) is 206 Å². The average molecular weight is 664 g/mol. The lowest BCUT2D eigenvalue weighted by molar-refractivity contribution is -0.123. The largest absolute Gasteiger partial charge is 0.394 e. The number of carbonyl (C=O) groups excluding carboxylic acids is 1. The fourth-order valence-electron chi connectivity index (χ4n) is 6.71. The van der Waals surface area contributed by atoms with Crippen molar-refractivity contribution in [2.45, 2.75) is 251 Å². The van der Waals surface area contributed by atoms with Gasteiger partial charge in [0.1, 0.15) is 0 Å². The molecular weight excluding hydrogens is 578 g/mol. The Kier molecular flexibility index (Phi) is 38.8. The SMILES string of the molecule is CCCCCCCCCCCC/C=C\CCCCCCCCCC(=O)NC(CO)C(O)CCCCCCCCCCCCCCCC. The molecule has 2 atom stereocenters. The molecule has 4 heteroatoms. The van der Waals surface area contributed by atoms with Gasteiger partial charge in [0.2, 0.25) is 5.91 Å². The molecule has 0 bridgehead atoms. The number of aliphatic hydroxyl groups is 2. The third-order valence-corrected chi connectivity index (χ3v) is 10.0. The molecule has 0 heterocycles. The van der Waals surface area contributed by atoms with Crippen molar-refractivity contribution >= 4 is 5.91 Å². The molecule has 1 amide bonds. The van der Waals surface area contributed by atoms with Crippen molar-refractivity contribution in [3.8, 4) is 0 Å². The summed E-state index contributed by atoms with van der Waals surface area (Å²) in [5.41, 5.74) is 0. The fraction of sp³-hybridized carbons (Fsp3) is 0.930. The number of carbonyl (C=O) groups is 1. The van der Waals surface area contributed by atoms with E-state index < -0.39 is 12.1 Å². The van der Waals surface area contributed by atoms with Crippen LogP contribution in [0.25, 0.3) is 0 Å². The van der Waals surface area contributed by atoms with E-state index in [0.717, 1.165) is 25.7 Å². The van der Waals surface area contributed by atoms with Crippen LogP contribution >= 0.6 is 0 Å². The Bertz CT molecular complexity index is 637. The van der Waals surface area contributed by atoms with Crippen molar-refractivity contribution in [1.29, 1.82) is 0 Å². The zero-order chi connectivity index (χ0) is 34.3. The van der Waals surface area contributed by atoms with Crippen molar-refractivity contribution in [2.24, 2.45) is 0 Å². The number of rotatable bonds is 39. The summed E-state index contributed by atoms with van der Waals surface area (Å²) in [5, 5.41) is 23.1. The highest BCUT2D eigenvalue weighted by Crippen LogP contribution is 2.16. The van der Waals surface area contributed by atoms with E-state index in [-0.39, 0.29) is 12.5 Å². The minimum Gasteiger partial charge on any atom is -0.394 e. The summed E-state index contributed by atoms with van der Waals surface area (Å²) >= 11 is 0. The predicted octanol–water partition coefficient (Wildman–Crippen LogP) is 13.1. The second-order valence-electron chi connectivity index (χ2n) is 14.8. The van der Waals surface area contributed by atoms with E-state index in [4.69, 9.17) is 0 Å². The van der Waals surface area contributed by atoms with Crippen LogP contribution in [0.5, 0.6) is 0 Å². The van der Waals surface area contributed by atoms with Crippen LogP contribution in [0.4, 0.5) is 0 Å². The van der Waals surface area contributed by atoms with Crippen LogP contribution < -0.4 is 5.32 Å². The van der Waals surface area contributed by atoms with Crippen LogP contribution in [0, 0.1) is 0 Å². The Morgan fingerprint density at radius 2 is 0.809 bits per heavy atom. The first-order valence-electron chi connectivity index (χ1n) is 21.4. The van der Waals surface area contributed by atoms with E-state index in [2.05, 4.69) is 31.3 Å². The second-order valence-corrected chi connectivity index (χ2v) is 14.8. The Labute approximate surface area is 295 Å². The normalized spacial score (nSPS) is 13.0. The summed E-state index contributed by atoms with van der Waals surface area (Å²) in [4.78, 5) is 12.4. The van der Waals surface area contributed by atoms with Crippen LogP contribution in [-0.4, -0.2) is 34.9 Å². The van der Waals surface area contributed by atoms with E-state index in [1.54, 1.807) is 0 Å². The quantitative estimate of drug-likeness (QED) is 0.0453. The van der Waals surface area contributed by atoms with E-state index in [9.17, 15) is 15.0 Å². The molecule has 0 spiro atoms. The number of unbranched alkanes of at least 4 members (excludes halogenated alkanes) is 30. The van der Waals surface area contributed by atoms with Gasteiger partial charge in [-0.3, -0.25) is 4.79 Å². The standard InChI is InChI=1S/C43H85NO3/c1-3-5-7-9-11-13-15-17-19-20-21-22-23-24-25-27-29-31-33-35-37-39-43(47)44-41(40-45)42(46)38-36-34-32-30-28-26-18-16-14-12-10-8-6-4-2/h22-23,41-42,45-46H,3-21,24-40H2,1-2H3,(H,44,47)/b23-22-. The maximum atomic E-state index is 12.4. The Hall–Kier alpha value is -0.870. The number of amides is 1. The van der Waals surface area contributed by atoms with Gasteiger partial charge >= 0.3 is 0 Å². The fourth-order valence-corrected chi connectivity index (χ4v) is 6.71. The lowest BCUT2D eigenvalue weighted by atomic mass is 10.0. The van der Waals surface area contributed by atoms with Gasteiger partial charge < -0.3 is 15.5 Å². The number of nitrogens with one attached hydrogen (secondary N) is 1. The maximum absolute atomic E-state index is 12.4. The number of hydrogen-bond donors (Lipinski definition) is 3. The Morgan fingerprint density at radius 1 is 0.489 bits per heavy atom. The predicted molar refractivity (Wildman–Crippen MR) is 207 cm³/mol. The molecule has 4 nitrogen and oxygen atoms in total. The van der Waals surface area contributed by atoms with Gasteiger partial charge in [-0.25, -0.2) is 0 Å². The third kappa shape index (κ3) is 36.2. The molecule has 0 saturated heterocycles. The molecule has 3 N–H and O–H groups in total. The summed E-state index contributed by atoms with van der Waals surface area (Å²) in [6.45, 7) is 4.37. The molecule has 0 radical (unpaired) electrons. The van der Waals surface area contributed by atoms with Gasteiger partial charge in [-0.05, 0) is 38.5 Å². The lowest BCUT2D eigenvalue weighted by Crippen LogP contribution is -2.45. The zero-order valence-electron chi connectivity index (χ0n) is 32.1. The lowest BCUT2D eigenvalue weighted by Gasteiger charge is -2.22. The molecule has 0 rings (SSSR count). The topological polar surface area (TPSA) is 69.6 Å². The Balaban J connectivity index is 3.50. The molecule has 0 aromatic heterocycles. The van der Waals surface area contributed by atoms with Crippen LogP contribution in [0.15, 0.2) is 12.2 Å². The minimum atomic E-state index is -0.657. The summed E-state index contributed by atoms with van der Waals surface area (Å²) < 4.78 is 0. The highest BCUT2D eigenvalue weighted by molar-refractivity contribution is 5.76. The summed E-state index contributed by atoms with van der Waals surface area (Å²) in [6, 6.07) is -0.534. The highest BCUT2D eigenvalue weighted by atomic mass is 16.3. The monoisotopic (exact) mass is 664 g/mol. The molecule has 0 aromatic carbocycles. The van der Waals surface area contributed by atoms with Crippen molar-refractivity contribution in [1.82, 2.24) is 5.32 Å². The van der Waals surface area contributed by atoms with Crippen LogP contribution in [0.1, 0.15) is 239 Å². The zero-order valence-corrected chi connectivity index (χ0v) is 32.1. The first-order chi connectivity index (χ1) is 23.2. The molecule has 0 saturated carbocycles. The van der Waals surface area contributed by atoms with Crippen molar-refractivity contribution in [2.75, 3.05) is 6.61 Å². The van der Waals surface area contributed by atoms with Crippen molar-refractivity contribution in [3.63, 3.8) is 0 Å². The van der Waals surface area contributed by atoms with Gasteiger partial charge in [0.25, 0.3) is 0 Å². The maximum Gasteiger partial charge on any atom is 0.220 e. The number of aliphatic hydroxyl groups excluding tert-OH is 2. The number of allylic oxidation sites excluding steroid dienone is 2. The summed E-state index contributed by atoms with van der Waals surface area (Å²) in [6.07, 6.45) is 48.5. The van der Waals surface area contributed by atoms with Gasteiger partial charge in [-0.2, -0.15) is 0 Å². The summed E-state index contributed by atoms with van der Waals surface area (Å²) in [7, 11) is 0. The van der Waals surface area contributed by atoms with E-state index in [1.165, 1.54) is 186 Å². The minimum absolute atomic E-state index is 0.0337. The van der Waals surface area contributed by atoms with Gasteiger partial charge in [0.15, 0.2) is 0 Å². The molecule has 280 valence electrons.